The summed E-state index contributed by atoms with van der Waals surface area (Å²) in [7, 11) is 0. The van der Waals surface area contributed by atoms with Crippen molar-refractivity contribution in [2.24, 2.45) is 21.7 Å². The van der Waals surface area contributed by atoms with E-state index in [4.69, 9.17) is 0 Å². The first-order valence-corrected chi connectivity index (χ1v) is 12.9. The zero-order valence-electron chi connectivity index (χ0n) is 19.3. The van der Waals surface area contributed by atoms with E-state index in [1.807, 2.05) is 0 Å². The molecule has 6 fully saturated rings. The molecule has 30 heavy (non-hydrogen) atoms. The molecule has 0 spiro atoms. The molecular weight excluding hydrogens is 372 g/mol. The van der Waals surface area contributed by atoms with Gasteiger partial charge in [-0.05, 0) is 75.0 Å². The molecule has 0 unspecified atom stereocenters. The largest absolute Gasteiger partial charge is 0.353 e. The van der Waals surface area contributed by atoms with Crippen molar-refractivity contribution in [3.05, 3.63) is 0 Å². The van der Waals surface area contributed by atoms with Crippen LogP contribution in [0.2, 0.25) is 0 Å². The summed E-state index contributed by atoms with van der Waals surface area (Å²) in [6.45, 7) is 4.74. The first kappa shape index (κ1) is 20.8. The summed E-state index contributed by atoms with van der Waals surface area (Å²) in [5.41, 5.74) is -0.423. The van der Waals surface area contributed by atoms with Crippen LogP contribution in [0.15, 0.2) is 0 Å². The second-order valence-electron chi connectivity index (χ2n) is 12.9. The highest BCUT2D eigenvalue weighted by Crippen LogP contribution is 2.73. The van der Waals surface area contributed by atoms with Crippen molar-refractivity contribution < 1.29 is 9.59 Å². The molecule has 4 heteroatoms. The summed E-state index contributed by atoms with van der Waals surface area (Å²) in [4.78, 5) is 27.5. The molecule has 6 aliphatic carbocycles. The fourth-order valence-electron chi connectivity index (χ4n) is 9.35. The molecule has 2 amide bonds. The Hall–Kier alpha value is -1.06. The molecule has 2 N–H and O–H groups in total. The minimum Gasteiger partial charge on any atom is -0.353 e. The van der Waals surface area contributed by atoms with E-state index < -0.39 is 0 Å². The number of hydrogen-bond donors (Lipinski definition) is 2. The van der Waals surface area contributed by atoms with Crippen molar-refractivity contribution in [3.8, 4) is 0 Å². The number of rotatable bonds is 4. The topological polar surface area (TPSA) is 58.2 Å². The van der Waals surface area contributed by atoms with E-state index in [0.29, 0.717) is 12.1 Å². The average molecular weight is 415 g/mol. The smallest absolute Gasteiger partial charge is 0.226 e. The molecule has 0 aromatic carbocycles. The highest BCUT2D eigenvalue weighted by Gasteiger charge is 2.69. The first-order chi connectivity index (χ1) is 14.2. The van der Waals surface area contributed by atoms with E-state index in [1.54, 1.807) is 0 Å². The predicted octanol–water partition coefficient (Wildman–Crippen LogP) is 5.25. The van der Waals surface area contributed by atoms with Crippen LogP contribution >= 0.6 is 0 Å². The Kier molecular flexibility index (Phi) is 5.02. The fraction of sp³-hybridized carbons (Fsp3) is 0.923. The third kappa shape index (κ3) is 3.60. The molecule has 168 valence electrons. The van der Waals surface area contributed by atoms with Gasteiger partial charge in [0.25, 0.3) is 0 Å². The normalized spacial score (nSPS) is 44.1. The molecule has 4 bridgehead atoms. The lowest BCUT2D eigenvalue weighted by Gasteiger charge is -2.68. The maximum absolute atomic E-state index is 13.8. The Morgan fingerprint density at radius 3 is 1.30 bits per heavy atom. The molecule has 0 aromatic heterocycles. The van der Waals surface area contributed by atoms with Crippen LogP contribution in [-0.4, -0.2) is 23.9 Å². The van der Waals surface area contributed by atoms with E-state index in [-0.39, 0.29) is 33.5 Å². The Bertz CT molecular complexity index is 632. The van der Waals surface area contributed by atoms with E-state index in [1.165, 1.54) is 44.9 Å². The summed E-state index contributed by atoms with van der Waals surface area (Å²) in [6.07, 6.45) is 17.9. The quantitative estimate of drug-likeness (QED) is 0.660. The van der Waals surface area contributed by atoms with Crippen molar-refractivity contribution in [3.63, 3.8) is 0 Å². The van der Waals surface area contributed by atoms with Gasteiger partial charge in [-0.1, -0.05) is 52.4 Å². The van der Waals surface area contributed by atoms with E-state index in [0.717, 1.165) is 57.8 Å². The van der Waals surface area contributed by atoms with Crippen LogP contribution < -0.4 is 10.6 Å². The lowest BCUT2D eigenvalue weighted by atomic mass is 9.35. The van der Waals surface area contributed by atoms with Gasteiger partial charge in [-0.2, -0.15) is 0 Å². The van der Waals surface area contributed by atoms with Crippen LogP contribution in [0.5, 0.6) is 0 Å². The number of hydrogen-bond acceptors (Lipinski definition) is 2. The Labute approximate surface area is 182 Å². The van der Waals surface area contributed by atoms with Crippen LogP contribution in [-0.2, 0) is 9.59 Å². The van der Waals surface area contributed by atoms with Crippen LogP contribution in [0.25, 0.3) is 0 Å². The maximum atomic E-state index is 13.8. The third-order valence-corrected chi connectivity index (χ3v) is 9.44. The summed E-state index contributed by atoms with van der Waals surface area (Å²) < 4.78 is 0. The van der Waals surface area contributed by atoms with Gasteiger partial charge in [0.1, 0.15) is 0 Å². The second kappa shape index (κ2) is 7.24. The maximum Gasteiger partial charge on any atom is 0.226 e. The molecule has 0 atom stereocenters. The minimum atomic E-state index is -0.334. The van der Waals surface area contributed by atoms with E-state index >= 15 is 0 Å². The lowest BCUT2D eigenvalue weighted by Crippen LogP contribution is -2.67. The van der Waals surface area contributed by atoms with Crippen molar-refractivity contribution in [1.29, 1.82) is 0 Å². The summed E-state index contributed by atoms with van der Waals surface area (Å²) in [6, 6.07) is 0.707. The van der Waals surface area contributed by atoms with Gasteiger partial charge >= 0.3 is 0 Å². The van der Waals surface area contributed by atoms with Gasteiger partial charge in [0, 0.05) is 12.1 Å². The standard InChI is InChI=1S/C26H42N2O2/c1-23-13-24(2)16-25(14-23,21(29)27-19-9-5-3-6-10-19)18-26(15-23,17-24)22(30)28-20-11-7-4-8-12-20/h19-20H,3-18H2,1-2H3,(H,27,29)(H,28,30). The van der Waals surface area contributed by atoms with Gasteiger partial charge in [-0.15, -0.1) is 0 Å². The number of amides is 2. The zero-order chi connectivity index (χ0) is 21.0. The zero-order valence-corrected chi connectivity index (χ0v) is 19.3. The Morgan fingerprint density at radius 2 is 0.933 bits per heavy atom. The van der Waals surface area contributed by atoms with Crippen molar-refractivity contribution in [1.82, 2.24) is 10.6 Å². The van der Waals surface area contributed by atoms with Gasteiger partial charge in [0.05, 0.1) is 10.8 Å². The van der Waals surface area contributed by atoms with Gasteiger partial charge in [0.15, 0.2) is 0 Å². The number of nitrogens with one attached hydrogen (secondary N) is 2. The molecule has 0 saturated heterocycles. The van der Waals surface area contributed by atoms with Gasteiger partial charge < -0.3 is 10.6 Å². The van der Waals surface area contributed by atoms with Gasteiger partial charge in [-0.25, -0.2) is 0 Å². The van der Waals surface area contributed by atoms with Crippen LogP contribution in [0.3, 0.4) is 0 Å². The van der Waals surface area contributed by atoms with E-state index in [2.05, 4.69) is 24.5 Å². The fourth-order valence-corrected chi connectivity index (χ4v) is 9.35. The summed E-state index contributed by atoms with van der Waals surface area (Å²) in [5, 5.41) is 6.95. The van der Waals surface area contributed by atoms with Crippen LogP contribution in [0.4, 0.5) is 0 Å². The van der Waals surface area contributed by atoms with Crippen LogP contribution in [0, 0.1) is 21.7 Å². The molecular formula is C26H42N2O2. The first-order valence-electron chi connectivity index (χ1n) is 12.9. The summed E-state index contributed by atoms with van der Waals surface area (Å²) in [5.74, 6) is 0.557. The average Bonchev–Trinajstić information content (AvgIpc) is 2.67. The van der Waals surface area contributed by atoms with Crippen molar-refractivity contribution >= 4 is 11.8 Å². The monoisotopic (exact) mass is 414 g/mol. The highest BCUT2D eigenvalue weighted by atomic mass is 16.2. The molecule has 0 radical (unpaired) electrons. The molecule has 0 heterocycles. The number of carbonyl (C=O) groups excluding carboxylic acids is 2. The molecule has 6 aliphatic rings. The lowest BCUT2D eigenvalue weighted by molar-refractivity contribution is -0.200. The molecule has 4 nitrogen and oxygen atoms in total. The van der Waals surface area contributed by atoms with Gasteiger partial charge in [0.2, 0.25) is 11.8 Å². The molecule has 6 saturated carbocycles. The highest BCUT2D eigenvalue weighted by molar-refractivity contribution is 5.88. The SMILES string of the molecule is CC12CC3(C)CC(C(=O)NC4CCCCC4)(C1)CC(C(=O)NC1CCCCC1)(C2)C3. The predicted molar refractivity (Wildman–Crippen MR) is 119 cm³/mol. The molecule has 6 rings (SSSR count). The van der Waals surface area contributed by atoms with Crippen molar-refractivity contribution in [2.45, 2.75) is 129 Å². The van der Waals surface area contributed by atoms with Gasteiger partial charge in [-0.3, -0.25) is 9.59 Å². The van der Waals surface area contributed by atoms with E-state index in [9.17, 15) is 9.59 Å². The second-order valence-corrected chi connectivity index (χ2v) is 12.9. The molecule has 0 aliphatic heterocycles. The Balaban J connectivity index is 1.39. The van der Waals surface area contributed by atoms with Crippen molar-refractivity contribution in [2.75, 3.05) is 0 Å². The molecule has 0 aromatic rings. The summed E-state index contributed by atoms with van der Waals surface area (Å²) >= 11 is 0. The van der Waals surface area contributed by atoms with Crippen LogP contribution in [0.1, 0.15) is 117 Å². The third-order valence-electron chi connectivity index (χ3n) is 9.44. The Morgan fingerprint density at radius 1 is 0.567 bits per heavy atom. The number of carbonyl (C=O) groups is 2. The minimum absolute atomic E-state index is 0.122.